The lowest BCUT2D eigenvalue weighted by Gasteiger charge is -2.18. The summed E-state index contributed by atoms with van der Waals surface area (Å²) in [7, 11) is -1.64. The molecule has 0 amide bonds. The van der Waals surface area contributed by atoms with Crippen molar-refractivity contribution in [3.63, 3.8) is 0 Å². The minimum absolute atomic E-state index is 0.00808. The number of fused-ring (bicyclic) bond motifs is 2. The summed E-state index contributed by atoms with van der Waals surface area (Å²) >= 11 is 3.23. The van der Waals surface area contributed by atoms with Crippen molar-refractivity contribution in [2.24, 2.45) is 0 Å². The number of ether oxygens (including phenoxy) is 2. The number of hydrogen-bond acceptors (Lipinski definition) is 5. The van der Waals surface area contributed by atoms with Gasteiger partial charge in [-0.25, -0.2) is 9.00 Å². The Balaban J connectivity index is 1.50. The Morgan fingerprint density at radius 1 is 0.848 bits per heavy atom. The Hall–Kier alpha value is -2.42. The van der Waals surface area contributed by atoms with Gasteiger partial charge >= 0.3 is 11.9 Å². The standard InChI is InChI=1S/C25H22BrO5S2/c1-25(2,26)24(28)31-16-15-30-23(27)17-11-13-18(14-12-17)32-19-7-3-5-9-21(19)33(29)22-10-6-4-8-20(22)32/h3-14H,15-16H2,1-2H3/q+1. The highest BCUT2D eigenvalue weighted by Crippen LogP contribution is 2.42. The number of hydrogen-bond donors (Lipinski definition) is 0. The summed E-state index contributed by atoms with van der Waals surface area (Å²) in [5.74, 6) is -0.901. The van der Waals surface area contributed by atoms with Gasteiger partial charge in [-0.2, -0.15) is 0 Å². The minimum Gasteiger partial charge on any atom is -0.461 e. The molecule has 0 saturated carbocycles. The van der Waals surface area contributed by atoms with Crippen LogP contribution in [0.4, 0.5) is 0 Å². The van der Waals surface area contributed by atoms with E-state index in [9.17, 15) is 13.8 Å². The van der Waals surface area contributed by atoms with Crippen molar-refractivity contribution in [2.75, 3.05) is 13.2 Å². The van der Waals surface area contributed by atoms with E-state index < -0.39 is 38.0 Å². The highest BCUT2D eigenvalue weighted by atomic mass is 79.9. The summed E-state index contributed by atoms with van der Waals surface area (Å²) in [6.45, 7) is 3.34. The molecule has 0 aliphatic carbocycles. The van der Waals surface area contributed by atoms with Gasteiger partial charge in [-0.05, 0) is 62.4 Å². The predicted molar refractivity (Wildman–Crippen MR) is 130 cm³/mol. The van der Waals surface area contributed by atoms with Crippen molar-refractivity contribution in [3.8, 4) is 0 Å². The van der Waals surface area contributed by atoms with Gasteiger partial charge in [0.25, 0.3) is 0 Å². The number of carbonyl (C=O) groups excluding carboxylic acids is 2. The molecule has 0 unspecified atom stereocenters. The second kappa shape index (κ2) is 9.83. The van der Waals surface area contributed by atoms with E-state index in [1.165, 1.54) is 0 Å². The molecule has 1 aliphatic rings. The molecule has 0 radical (unpaired) electrons. The average molecular weight is 546 g/mol. The second-order valence-corrected chi connectivity index (χ2v) is 13.1. The maximum atomic E-state index is 13.1. The molecule has 8 heteroatoms. The fourth-order valence-corrected chi connectivity index (χ4v) is 7.62. The Morgan fingerprint density at radius 3 is 1.91 bits per heavy atom. The number of halogens is 1. The lowest BCUT2D eigenvalue weighted by molar-refractivity contribution is -0.146. The number of alkyl halides is 1. The molecule has 1 aliphatic heterocycles. The lowest BCUT2D eigenvalue weighted by Crippen LogP contribution is -2.28. The third-order valence-electron chi connectivity index (χ3n) is 4.90. The molecular weight excluding hydrogens is 524 g/mol. The van der Waals surface area contributed by atoms with Crippen LogP contribution in [0.2, 0.25) is 0 Å². The fourth-order valence-electron chi connectivity index (χ4n) is 3.29. The smallest absolute Gasteiger partial charge is 0.338 e. The number of carbonyl (C=O) groups is 2. The third-order valence-corrected chi connectivity index (χ3v) is 9.33. The van der Waals surface area contributed by atoms with Crippen molar-refractivity contribution in [2.45, 2.75) is 42.6 Å². The molecular formula is C25H22BrO5S2+. The Morgan fingerprint density at radius 2 is 1.36 bits per heavy atom. The zero-order valence-electron chi connectivity index (χ0n) is 18.1. The molecule has 0 N–H and O–H groups in total. The van der Waals surface area contributed by atoms with Gasteiger partial charge in [-0.3, -0.25) is 4.79 Å². The van der Waals surface area contributed by atoms with Gasteiger partial charge in [0, 0.05) is 0 Å². The van der Waals surface area contributed by atoms with Crippen molar-refractivity contribution in [3.05, 3.63) is 78.4 Å². The predicted octanol–water partition coefficient (Wildman–Crippen LogP) is 5.14. The van der Waals surface area contributed by atoms with Gasteiger partial charge in [0.05, 0.1) is 26.2 Å². The topological polar surface area (TPSA) is 69.7 Å². The van der Waals surface area contributed by atoms with Crippen LogP contribution in [0, 0.1) is 0 Å². The molecule has 33 heavy (non-hydrogen) atoms. The summed E-state index contributed by atoms with van der Waals surface area (Å²) in [6.07, 6.45) is 0. The highest BCUT2D eigenvalue weighted by molar-refractivity contribution is 9.10. The van der Waals surface area contributed by atoms with Crippen molar-refractivity contribution in [1.29, 1.82) is 0 Å². The van der Waals surface area contributed by atoms with Gasteiger partial charge in [-0.15, -0.1) is 0 Å². The summed E-state index contributed by atoms with van der Waals surface area (Å²) in [5, 5.41) is 0. The molecule has 1 heterocycles. The lowest BCUT2D eigenvalue weighted by atomic mass is 10.2. The fraction of sp³-hybridized carbons (Fsp3) is 0.200. The molecule has 0 atom stereocenters. The van der Waals surface area contributed by atoms with Gasteiger partial charge in [0.1, 0.15) is 28.4 Å². The molecule has 0 fully saturated rings. The average Bonchev–Trinajstić information content (AvgIpc) is 2.81. The molecule has 3 aromatic carbocycles. The van der Waals surface area contributed by atoms with Crippen LogP contribution in [0.1, 0.15) is 24.2 Å². The van der Waals surface area contributed by atoms with Crippen LogP contribution >= 0.6 is 15.9 Å². The molecule has 0 bridgehead atoms. The van der Waals surface area contributed by atoms with Crippen LogP contribution in [0.5, 0.6) is 0 Å². The van der Waals surface area contributed by atoms with Crippen molar-refractivity contribution >= 4 is 49.6 Å². The molecule has 0 saturated heterocycles. The van der Waals surface area contributed by atoms with E-state index in [2.05, 4.69) is 15.9 Å². The van der Waals surface area contributed by atoms with E-state index in [-0.39, 0.29) is 13.2 Å². The number of esters is 2. The molecule has 5 nitrogen and oxygen atoms in total. The van der Waals surface area contributed by atoms with Crippen LogP contribution in [0.25, 0.3) is 0 Å². The SMILES string of the molecule is CC(C)(Br)C(=O)OCCOC(=O)c1ccc([S+]2c3ccccc3S(=O)c3ccccc32)cc1. The van der Waals surface area contributed by atoms with Gasteiger partial charge in [0.2, 0.25) is 0 Å². The first kappa shape index (κ1) is 23.7. The van der Waals surface area contributed by atoms with E-state index in [0.29, 0.717) is 5.56 Å². The molecule has 4 rings (SSSR count). The summed E-state index contributed by atoms with van der Waals surface area (Å²) in [6, 6.07) is 22.9. The van der Waals surface area contributed by atoms with E-state index in [0.717, 1.165) is 24.5 Å². The largest absolute Gasteiger partial charge is 0.461 e. The maximum Gasteiger partial charge on any atom is 0.338 e. The third kappa shape index (κ3) is 5.08. The zero-order chi connectivity index (χ0) is 23.6. The molecule has 3 aromatic rings. The Bertz CT molecular complexity index is 1170. The first-order valence-corrected chi connectivity index (χ1v) is 13.4. The first-order chi connectivity index (χ1) is 15.8. The zero-order valence-corrected chi connectivity index (χ0v) is 21.3. The van der Waals surface area contributed by atoms with E-state index >= 15 is 0 Å². The Labute approximate surface area is 206 Å². The van der Waals surface area contributed by atoms with Crippen molar-refractivity contribution < 1.29 is 23.3 Å². The van der Waals surface area contributed by atoms with E-state index in [1.54, 1.807) is 26.0 Å². The molecule has 0 spiro atoms. The van der Waals surface area contributed by atoms with Crippen LogP contribution < -0.4 is 0 Å². The minimum atomic E-state index is -1.22. The highest BCUT2D eigenvalue weighted by Gasteiger charge is 2.40. The Kier molecular flexibility index (Phi) is 7.07. The summed E-state index contributed by atoms with van der Waals surface area (Å²) < 4.78 is 22.6. The van der Waals surface area contributed by atoms with E-state index in [4.69, 9.17) is 9.47 Å². The summed E-state index contributed by atoms with van der Waals surface area (Å²) in [4.78, 5) is 28.9. The maximum absolute atomic E-state index is 13.1. The normalized spacial score (nSPS) is 16.9. The van der Waals surface area contributed by atoms with Crippen LogP contribution in [-0.2, 0) is 36.0 Å². The second-order valence-electron chi connectivity index (χ2n) is 7.74. The first-order valence-electron chi connectivity index (χ1n) is 10.2. The monoisotopic (exact) mass is 545 g/mol. The number of benzene rings is 3. The summed E-state index contributed by atoms with van der Waals surface area (Å²) in [5.41, 5.74) is 0.414. The van der Waals surface area contributed by atoms with Crippen molar-refractivity contribution in [1.82, 2.24) is 0 Å². The van der Waals surface area contributed by atoms with Gasteiger partial charge in [0.15, 0.2) is 14.7 Å². The number of rotatable bonds is 6. The van der Waals surface area contributed by atoms with Gasteiger partial charge in [-0.1, -0.05) is 40.2 Å². The van der Waals surface area contributed by atoms with Crippen LogP contribution in [0.15, 0.2) is 97.3 Å². The van der Waals surface area contributed by atoms with E-state index in [1.807, 2.05) is 60.7 Å². The quantitative estimate of drug-likeness (QED) is 0.145. The van der Waals surface area contributed by atoms with Gasteiger partial charge < -0.3 is 9.47 Å². The van der Waals surface area contributed by atoms with Crippen LogP contribution in [0.3, 0.4) is 0 Å². The molecule has 170 valence electrons. The van der Waals surface area contributed by atoms with Crippen LogP contribution in [-0.4, -0.2) is 33.7 Å². The molecule has 0 aromatic heterocycles.